The molecule has 0 aliphatic heterocycles. The van der Waals surface area contributed by atoms with Crippen molar-refractivity contribution >= 4 is 5.95 Å². The average molecular weight is 293 g/mol. The van der Waals surface area contributed by atoms with E-state index in [2.05, 4.69) is 41.8 Å². The first-order valence-electron chi connectivity index (χ1n) is 8.54. The molecule has 1 aliphatic rings. The van der Waals surface area contributed by atoms with Gasteiger partial charge in [-0.1, -0.05) is 33.1 Å². The largest absolute Gasteiger partial charge is 0.380 e. The zero-order valence-corrected chi connectivity index (χ0v) is 13.9. The zero-order valence-electron chi connectivity index (χ0n) is 13.9. The van der Waals surface area contributed by atoms with Crippen LogP contribution in [-0.4, -0.2) is 29.3 Å². The monoisotopic (exact) mass is 293 g/mol. The van der Waals surface area contributed by atoms with E-state index in [0.717, 1.165) is 37.8 Å². The van der Waals surface area contributed by atoms with Gasteiger partial charge in [0, 0.05) is 25.4 Å². The highest BCUT2D eigenvalue weighted by molar-refractivity contribution is 5.29. The molecule has 0 unspecified atom stereocenters. The number of aryl methyl sites for hydroxylation is 1. The lowest BCUT2D eigenvalue weighted by Gasteiger charge is -2.24. The van der Waals surface area contributed by atoms with Gasteiger partial charge in [0.25, 0.3) is 0 Å². The summed E-state index contributed by atoms with van der Waals surface area (Å²) in [6.07, 6.45) is 9.98. The van der Waals surface area contributed by atoms with Gasteiger partial charge in [0.2, 0.25) is 5.95 Å². The molecule has 0 saturated heterocycles. The van der Waals surface area contributed by atoms with E-state index in [9.17, 15) is 0 Å². The second kappa shape index (κ2) is 8.42. The molecule has 4 heteroatoms. The van der Waals surface area contributed by atoms with Gasteiger partial charge in [0.05, 0.1) is 12.3 Å². The van der Waals surface area contributed by atoms with Gasteiger partial charge in [-0.2, -0.15) is 0 Å². The maximum atomic E-state index is 5.66. The molecule has 120 valence electrons. The van der Waals surface area contributed by atoms with Gasteiger partial charge in [-0.15, -0.1) is 0 Å². The number of ether oxygens (including phenoxy) is 1. The summed E-state index contributed by atoms with van der Waals surface area (Å²) in [7, 11) is 0. The van der Waals surface area contributed by atoms with Gasteiger partial charge < -0.3 is 14.6 Å². The molecule has 1 heterocycles. The minimum atomic E-state index is 0.629. The topological polar surface area (TPSA) is 39.1 Å². The van der Waals surface area contributed by atoms with Crippen LogP contribution in [0.4, 0.5) is 5.95 Å². The van der Waals surface area contributed by atoms with Crippen molar-refractivity contribution in [3.05, 3.63) is 11.9 Å². The third-order valence-corrected chi connectivity index (χ3v) is 4.19. The maximum Gasteiger partial charge on any atom is 0.203 e. The lowest BCUT2D eigenvalue weighted by atomic mass is 9.95. The first kappa shape index (κ1) is 16.3. The molecular formula is C17H31N3O. The summed E-state index contributed by atoms with van der Waals surface area (Å²) in [6, 6.07) is 0.629. The molecule has 1 fully saturated rings. The predicted molar refractivity (Wildman–Crippen MR) is 87.8 cm³/mol. The fraction of sp³-hybridized carbons (Fsp3) is 0.824. The second-order valence-electron chi connectivity index (χ2n) is 6.63. The molecule has 0 aromatic carbocycles. The Bertz CT molecular complexity index is 408. The van der Waals surface area contributed by atoms with Crippen LogP contribution in [-0.2, 0) is 4.74 Å². The van der Waals surface area contributed by atoms with Crippen molar-refractivity contribution in [1.82, 2.24) is 9.55 Å². The van der Waals surface area contributed by atoms with E-state index < -0.39 is 0 Å². The van der Waals surface area contributed by atoms with Crippen LogP contribution in [0.15, 0.2) is 6.20 Å². The summed E-state index contributed by atoms with van der Waals surface area (Å²) >= 11 is 0. The molecule has 0 radical (unpaired) electrons. The van der Waals surface area contributed by atoms with E-state index in [1.165, 1.54) is 32.1 Å². The van der Waals surface area contributed by atoms with Crippen molar-refractivity contribution in [1.29, 1.82) is 0 Å². The van der Waals surface area contributed by atoms with Crippen molar-refractivity contribution in [2.75, 3.05) is 25.1 Å². The number of anilines is 1. The molecule has 1 aromatic heterocycles. The Kier molecular flexibility index (Phi) is 6.55. The van der Waals surface area contributed by atoms with Crippen LogP contribution in [0.2, 0.25) is 0 Å². The first-order valence-corrected chi connectivity index (χ1v) is 8.54. The van der Waals surface area contributed by atoms with Crippen LogP contribution in [0, 0.1) is 12.8 Å². The standard InChI is InChI=1S/C17H31N3O/c1-14(2)9-11-21-12-10-18-17-19-15(3)13-20(17)16-7-5-4-6-8-16/h13-14,16H,4-12H2,1-3H3,(H,18,19). The highest BCUT2D eigenvalue weighted by Crippen LogP contribution is 2.30. The van der Waals surface area contributed by atoms with E-state index in [1.807, 2.05) is 0 Å². The van der Waals surface area contributed by atoms with E-state index >= 15 is 0 Å². The third kappa shape index (κ3) is 5.34. The molecular weight excluding hydrogens is 262 g/mol. The Labute approximate surface area is 129 Å². The summed E-state index contributed by atoms with van der Waals surface area (Å²) in [5, 5.41) is 3.45. The molecule has 0 atom stereocenters. The predicted octanol–water partition coefficient (Wildman–Crippen LogP) is 4.17. The highest BCUT2D eigenvalue weighted by atomic mass is 16.5. The van der Waals surface area contributed by atoms with E-state index in [-0.39, 0.29) is 0 Å². The van der Waals surface area contributed by atoms with Gasteiger partial charge in [0.1, 0.15) is 0 Å². The minimum absolute atomic E-state index is 0.629. The smallest absolute Gasteiger partial charge is 0.203 e. The van der Waals surface area contributed by atoms with Crippen LogP contribution < -0.4 is 5.32 Å². The molecule has 0 bridgehead atoms. The van der Waals surface area contributed by atoms with Crippen LogP contribution in [0.5, 0.6) is 0 Å². The van der Waals surface area contributed by atoms with Crippen molar-refractivity contribution in [2.24, 2.45) is 5.92 Å². The first-order chi connectivity index (χ1) is 10.2. The number of rotatable bonds is 8. The molecule has 1 saturated carbocycles. The molecule has 0 amide bonds. The zero-order chi connectivity index (χ0) is 15.1. The van der Waals surface area contributed by atoms with Gasteiger partial charge in [-0.05, 0) is 32.1 Å². The van der Waals surface area contributed by atoms with E-state index in [0.29, 0.717) is 12.0 Å². The summed E-state index contributed by atoms with van der Waals surface area (Å²) in [6.45, 7) is 8.97. The number of hydrogen-bond acceptors (Lipinski definition) is 3. The van der Waals surface area contributed by atoms with E-state index in [4.69, 9.17) is 4.74 Å². The number of nitrogens with one attached hydrogen (secondary N) is 1. The minimum Gasteiger partial charge on any atom is -0.380 e. The molecule has 1 N–H and O–H groups in total. The lowest BCUT2D eigenvalue weighted by Crippen LogP contribution is -2.18. The number of hydrogen-bond donors (Lipinski definition) is 1. The van der Waals surface area contributed by atoms with Gasteiger partial charge in [-0.3, -0.25) is 0 Å². The summed E-state index contributed by atoms with van der Waals surface area (Å²) in [5.41, 5.74) is 1.10. The van der Waals surface area contributed by atoms with Gasteiger partial charge >= 0.3 is 0 Å². The quantitative estimate of drug-likeness (QED) is 0.731. The summed E-state index contributed by atoms with van der Waals surface area (Å²) < 4.78 is 8.01. The lowest BCUT2D eigenvalue weighted by molar-refractivity contribution is 0.132. The Morgan fingerprint density at radius 3 is 2.76 bits per heavy atom. The fourth-order valence-electron chi connectivity index (χ4n) is 2.94. The number of nitrogens with zero attached hydrogens (tertiary/aromatic N) is 2. The van der Waals surface area contributed by atoms with Crippen molar-refractivity contribution in [3.63, 3.8) is 0 Å². The van der Waals surface area contributed by atoms with Crippen LogP contribution in [0.1, 0.15) is 64.1 Å². The van der Waals surface area contributed by atoms with Crippen molar-refractivity contribution in [2.45, 2.75) is 65.3 Å². The normalized spacial score (nSPS) is 16.6. The van der Waals surface area contributed by atoms with Crippen LogP contribution in [0.3, 0.4) is 0 Å². The highest BCUT2D eigenvalue weighted by Gasteiger charge is 2.18. The molecule has 2 rings (SSSR count). The van der Waals surface area contributed by atoms with E-state index in [1.54, 1.807) is 0 Å². The molecule has 4 nitrogen and oxygen atoms in total. The van der Waals surface area contributed by atoms with Gasteiger partial charge in [-0.25, -0.2) is 4.98 Å². The maximum absolute atomic E-state index is 5.66. The Hall–Kier alpha value is -1.03. The fourth-order valence-corrected chi connectivity index (χ4v) is 2.94. The van der Waals surface area contributed by atoms with Crippen molar-refractivity contribution in [3.8, 4) is 0 Å². The van der Waals surface area contributed by atoms with Crippen molar-refractivity contribution < 1.29 is 4.74 Å². The average Bonchev–Trinajstić information content (AvgIpc) is 2.84. The Morgan fingerprint density at radius 2 is 2.05 bits per heavy atom. The SMILES string of the molecule is Cc1cn(C2CCCCC2)c(NCCOCCC(C)C)n1. The van der Waals surface area contributed by atoms with Crippen LogP contribution >= 0.6 is 0 Å². The molecule has 21 heavy (non-hydrogen) atoms. The number of aromatic nitrogens is 2. The number of imidazole rings is 1. The molecule has 1 aliphatic carbocycles. The Morgan fingerprint density at radius 1 is 1.29 bits per heavy atom. The third-order valence-electron chi connectivity index (χ3n) is 4.19. The summed E-state index contributed by atoms with van der Waals surface area (Å²) in [4.78, 5) is 4.63. The second-order valence-corrected chi connectivity index (χ2v) is 6.63. The Balaban J connectivity index is 1.77. The van der Waals surface area contributed by atoms with Gasteiger partial charge in [0.15, 0.2) is 0 Å². The molecule has 1 aromatic rings. The summed E-state index contributed by atoms with van der Waals surface area (Å²) in [5.74, 6) is 1.73. The van der Waals surface area contributed by atoms with Crippen LogP contribution in [0.25, 0.3) is 0 Å². The molecule has 0 spiro atoms.